The van der Waals surface area contributed by atoms with Crippen LogP contribution < -0.4 is 0 Å². The summed E-state index contributed by atoms with van der Waals surface area (Å²) >= 11 is 0. The average molecular weight is 422 g/mol. The summed E-state index contributed by atoms with van der Waals surface area (Å²) in [5.41, 5.74) is 1.90. The van der Waals surface area contributed by atoms with E-state index in [2.05, 4.69) is 11.8 Å². The van der Waals surface area contributed by atoms with Crippen molar-refractivity contribution in [3.63, 3.8) is 0 Å². The van der Waals surface area contributed by atoms with Gasteiger partial charge in [0.25, 0.3) is 5.91 Å². The molecule has 8 heteroatoms. The maximum atomic E-state index is 12.8. The minimum absolute atomic E-state index is 0.0274. The second kappa shape index (κ2) is 8.83. The molecule has 2 aliphatic rings. The van der Waals surface area contributed by atoms with E-state index < -0.39 is 9.84 Å². The molecule has 1 aromatic rings. The first-order chi connectivity index (χ1) is 13.7. The molecule has 0 aromatic heterocycles. The summed E-state index contributed by atoms with van der Waals surface area (Å²) in [7, 11) is -1.33. The first-order valence-corrected chi connectivity index (χ1v) is 12.1. The number of nitrogens with zero attached hydrogens (tertiary/aromatic N) is 3. The van der Waals surface area contributed by atoms with Gasteiger partial charge in [-0.15, -0.1) is 0 Å². The van der Waals surface area contributed by atoms with Crippen molar-refractivity contribution in [3.8, 4) is 0 Å². The van der Waals surface area contributed by atoms with Gasteiger partial charge in [0.15, 0.2) is 9.84 Å². The number of carbonyl (C=O) groups is 2. The van der Waals surface area contributed by atoms with Gasteiger partial charge in [0.1, 0.15) is 0 Å². The lowest BCUT2D eigenvalue weighted by Gasteiger charge is -2.39. The summed E-state index contributed by atoms with van der Waals surface area (Å²) in [5.74, 6) is 0.187. The predicted molar refractivity (Wildman–Crippen MR) is 113 cm³/mol. The summed E-state index contributed by atoms with van der Waals surface area (Å²) in [6, 6.07) is 7.18. The van der Waals surface area contributed by atoms with E-state index in [4.69, 9.17) is 0 Å². The summed E-state index contributed by atoms with van der Waals surface area (Å²) in [6.07, 6.45) is 1.46. The third kappa shape index (κ3) is 4.98. The van der Waals surface area contributed by atoms with Gasteiger partial charge >= 0.3 is 0 Å². The highest BCUT2D eigenvalue weighted by Gasteiger charge is 2.36. The largest absolute Gasteiger partial charge is 0.340 e. The fourth-order valence-electron chi connectivity index (χ4n) is 4.09. The molecule has 2 heterocycles. The summed E-state index contributed by atoms with van der Waals surface area (Å²) in [4.78, 5) is 31.1. The zero-order valence-corrected chi connectivity index (χ0v) is 18.3. The Morgan fingerprint density at radius 3 is 2.28 bits per heavy atom. The van der Waals surface area contributed by atoms with Gasteiger partial charge < -0.3 is 9.80 Å². The number of hydrogen-bond acceptors (Lipinski definition) is 5. The fraction of sp³-hybridized carbons (Fsp3) is 0.619. The summed E-state index contributed by atoms with van der Waals surface area (Å²) in [5, 5.41) is 0. The lowest BCUT2D eigenvalue weighted by Crippen LogP contribution is -2.56. The zero-order valence-electron chi connectivity index (χ0n) is 17.5. The van der Waals surface area contributed by atoms with Gasteiger partial charge in [-0.3, -0.25) is 14.5 Å². The van der Waals surface area contributed by atoms with Crippen molar-refractivity contribution in [3.05, 3.63) is 35.4 Å². The molecule has 0 N–H and O–H groups in total. The molecule has 0 radical (unpaired) electrons. The molecule has 2 amide bonds. The van der Waals surface area contributed by atoms with Crippen LogP contribution in [-0.4, -0.2) is 91.7 Å². The van der Waals surface area contributed by atoms with Crippen LogP contribution in [0.2, 0.25) is 0 Å². The maximum absolute atomic E-state index is 12.8. The van der Waals surface area contributed by atoms with Gasteiger partial charge in [0.05, 0.1) is 17.5 Å². The van der Waals surface area contributed by atoms with Crippen molar-refractivity contribution in [2.75, 3.05) is 44.7 Å². The SMILES string of the molecule is CCc1ccc(C(=O)N2CCN(C(C)C(=O)N(C)C3CCS(=O)(=O)C3)CC2)cc1. The van der Waals surface area contributed by atoms with Gasteiger partial charge in [0.2, 0.25) is 5.91 Å². The zero-order chi connectivity index (χ0) is 21.2. The molecule has 2 atom stereocenters. The van der Waals surface area contributed by atoms with Gasteiger partial charge in [-0.2, -0.15) is 0 Å². The Morgan fingerprint density at radius 1 is 1.14 bits per heavy atom. The van der Waals surface area contributed by atoms with Gasteiger partial charge in [-0.05, 0) is 37.5 Å². The second-order valence-corrected chi connectivity index (χ2v) is 10.3. The third-order valence-corrected chi connectivity index (χ3v) is 7.97. The summed E-state index contributed by atoms with van der Waals surface area (Å²) < 4.78 is 23.4. The minimum Gasteiger partial charge on any atom is -0.340 e. The molecule has 160 valence electrons. The van der Waals surface area contributed by atoms with Crippen LogP contribution >= 0.6 is 0 Å². The van der Waals surface area contributed by atoms with Gasteiger partial charge in [-0.1, -0.05) is 19.1 Å². The molecule has 3 rings (SSSR count). The summed E-state index contributed by atoms with van der Waals surface area (Å²) in [6.45, 7) is 6.36. The van der Waals surface area contributed by atoms with Crippen molar-refractivity contribution >= 4 is 21.7 Å². The Bertz CT molecular complexity index is 845. The number of likely N-dealkylation sites (N-methyl/N-ethyl adjacent to an activating group) is 1. The molecule has 0 bridgehead atoms. The van der Waals surface area contributed by atoms with Crippen LogP contribution in [0.1, 0.15) is 36.2 Å². The molecule has 2 aliphatic heterocycles. The number of sulfone groups is 1. The number of rotatable bonds is 5. The Balaban J connectivity index is 1.54. The van der Waals surface area contributed by atoms with Crippen molar-refractivity contribution in [2.24, 2.45) is 0 Å². The molecule has 2 saturated heterocycles. The molecule has 0 aliphatic carbocycles. The number of amides is 2. The Morgan fingerprint density at radius 2 is 1.76 bits per heavy atom. The molecular weight excluding hydrogens is 390 g/mol. The van der Waals surface area contributed by atoms with E-state index in [-0.39, 0.29) is 35.4 Å². The highest BCUT2D eigenvalue weighted by atomic mass is 32.2. The monoisotopic (exact) mass is 421 g/mol. The van der Waals surface area contributed by atoms with Crippen LogP contribution in [0.4, 0.5) is 0 Å². The van der Waals surface area contributed by atoms with Crippen LogP contribution in [-0.2, 0) is 21.1 Å². The normalized spacial score (nSPS) is 23.0. The smallest absolute Gasteiger partial charge is 0.253 e. The van der Waals surface area contributed by atoms with Crippen molar-refractivity contribution in [1.82, 2.24) is 14.7 Å². The lowest BCUT2D eigenvalue weighted by atomic mass is 10.1. The number of carbonyl (C=O) groups excluding carboxylic acids is 2. The highest BCUT2D eigenvalue weighted by Crippen LogP contribution is 2.19. The molecular formula is C21H31N3O4S. The number of benzene rings is 1. The topological polar surface area (TPSA) is 78.0 Å². The Kier molecular flexibility index (Phi) is 6.63. The van der Waals surface area contributed by atoms with E-state index in [0.717, 1.165) is 6.42 Å². The molecule has 7 nitrogen and oxygen atoms in total. The van der Waals surface area contributed by atoms with Crippen LogP contribution in [0.3, 0.4) is 0 Å². The molecule has 2 unspecified atom stereocenters. The fourth-order valence-corrected chi connectivity index (χ4v) is 5.86. The van der Waals surface area contributed by atoms with E-state index in [0.29, 0.717) is 38.2 Å². The first kappa shape index (κ1) is 21.8. The minimum atomic E-state index is -3.02. The van der Waals surface area contributed by atoms with Crippen LogP contribution in [0, 0.1) is 0 Å². The van der Waals surface area contributed by atoms with Gasteiger partial charge in [0, 0.05) is 44.8 Å². The van der Waals surface area contributed by atoms with E-state index in [1.165, 1.54) is 5.56 Å². The van der Waals surface area contributed by atoms with Crippen LogP contribution in [0.25, 0.3) is 0 Å². The standard InChI is InChI=1S/C21H31N3O4S/c1-4-17-5-7-18(8-6-17)21(26)24-12-10-23(11-13-24)16(2)20(25)22(3)19-9-14-29(27,28)15-19/h5-8,16,19H,4,9-15H2,1-3H3. The molecule has 0 spiro atoms. The number of hydrogen-bond donors (Lipinski definition) is 0. The van der Waals surface area contributed by atoms with E-state index in [1.807, 2.05) is 36.1 Å². The van der Waals surface area contributed by atoms with Crippen molar-refractivity contribution < 1.29 is 18.0 Å². The second-order valence-electron chi connectivity index (χ2n) is 8.06. The quantitative estimate of drug-likeness (QED) is 0.710. The molecule has 0 saturated carbocycles. The number of piperazine rings is 1. The first-order valence-electron chi connectivity index (χ1n) is 10.3. The van der Waals surface area contributed by atoms with Crippen molar-refractivity contribution in [1.29, 1.82) is 0 Å². The van der Waals surface area contributed by atoms with Gasteiger partial charge in [-0.25, -0.2) is 8.42 Å². The van der Waals surface area contributed by atoms with Crippen molar-refractivity contribution in [2.45, 2.75) is 38.8 Å². The predicted octanol–water partition coefficient (Wildman–Crippen LogP) is 1.04. The Labute approximate surface area is 173 Å². The average Bonchev–Trinajstić information content (AvgIpc) is 3.11. The van der Waals surface area contributed by atoms with E-state index >= 15 is 0 Å². The highest BCUT2D eigenvalue weighted by molar-refractivity contribution is 7.91. The molecule has 29 heavy (non-hydrogen) atoms. The third-order valence-electron chi connectivity index (χ3n) is 6.22. The molecule has 2 fully saturated rings. The molecule has 1 aromatic carbocycles. The Hall–Kier alpha value is -1.93. The number of aryl methyl sites for hydroxylation is 1. The van der Waals surface area contributed by atoms with E-state index in [1.54, 1.807) is 11.9 Å². The van der Waals surface area contributed by atoms with Crippen LogP contribution in [0.5, 0.6) is 0 Å². The maximum Gasteiger partial charge on any atom is 0.253 e. The lowest BCUT2D eigenvalue weighted by molar-refractivity contribution is -0.137. The van der Waals surface area contributed by atoms with Crippen LogP contribution in [0.15, 0.2) is 24.3 Å². The van der Waals surface area contributed by atoms with E-state index in [9.17, 15) is 18.0 Å².